The fourth-order valence-electron chi connectivity index (χ4n) is 3.86. The monoisotopic (exact) mass is 376 g/mol. The highest BCUT2D eigenvalue weighted by atomic mass is 14.1. The van der Waals surface area contributed by atoms with Crippen LogP contribution in [0.2, 0.25) is 0 Å². The van der Waals surface area contributed by atoms with Crippen molar-refractivity contribution in [1.82, 2.24) is 0 Å². The lowest BCUT2D eigenvalue weighted by Gasteiger charge is -2.10. The Labute approximate surface area is 174 Å². The van der Waals surface area contributed by atoms with Gasteiger partial charge in [-0.3, -0.25) is 0 Å². The van der Waals surface area contributed by atoms with Gasteiger partial charge in [-0.2, -0.15) is 0 Å². The Bertz CT molecular complexity index is 1130. The molecule has 0 N–H and O–H groups in total. The van der Waals surface area contributed by atoms with Crippen LogP contribution in [0.1, 0.15) is 29.2 Å². The molecule has 4 aromatic rings. The highest BCUT2D eigenvalue weighted by Crippen LogP contribution is 2.29. The molecule has 0 saturated heterocycles. The van der Waals surface area contributed by atoms with Crippen molar-refractivity contribution in [1.29, 1.82) is 0 Å². The minimum absolute atomic E-state index is 1.07. The van der Waals surface area contributed by atoms with Crippen LogP contribution in [0.5, 0.6) is 0 Å². The summed E-state index contributed by atoms with van der Waals surface area (Å²) in [5.74, 6) is 0. The van der Waals surface area contributed by atoms with E-state index in [0.29, 0.717) is 0 Å². The largest absolute Gasteiger partial charge is 0.0613 e. The van der Waals surface area contributed by atoms with Gasteiger partial charge in [-0.05, 0) is 82.8 Å². The normalized spacial score (nSPS) is 10.9. The number of hydrogen-bond donors (Lipinski definition) is 0. The van der Waals surface area contributed by atoms with Crippen molar-refractivity contribution in [3.8, 4) is 33.4 Å². The molecule has 0 aliphatic carbocycles. The van der Waals surface area contributed by atoms with Gasteiger partial charge in [-0.25, -0.2) is 0 Å². The summed E-state index contributed by atoms with van der Waals surface area (Å²) in [4.78, 5) is 0. The maximum atomic E-state index is 2.32. The molecule has 0 amide bonds. The van der Waals surface area contributed by atoms with E-state index in [0.717, 1.165) is 6.42 Å². The van der Waals surface area contributed by atoms with Crippen LogP contribution in [0, 0.1) is 20.8 Å². The van der Waals surface area contributed by atoms with Crippen molar-refractivity contribution in [2.24, 2.45) is 0 Å². The van der Waals surface area contributed by atoms with Gasteiger partial charge in [0.05, 0.1) is 0 Å². The average Bonchev–Trinajstić information content (AvgIpc) is 2.76. The van der Waals surface area contributed by atoms with Crippen molar-refractivity contribution in [3.05, 3.63) is 107 Å². The van der Waals surface area contributed by atoms with Crippen LogP contribution in [0.4, 0.5) is 0 Å². The van der Waals surface area contributed by atoms with E-state index >= 15 is 0 Å². The molecule has 0 radical (unpaired) electrons. The third kappa shape index (κ3) is 4.03. The van der Waals surface area contributed by atoms with Crippen LogP contribution in [-0.4, -0.2) is 0 Å². The van der Waals surface area contributed by atoms with Crippen LogP contribution in [-0.2, 0) is 6.42 Å². The third-order valence-corrected chi connectivity index (χ3v) is 6.01. The summed E-state index contributed by atoms with van der Waals surface area (Å²) in [7, 11) is 0. The summed E-state index contributed by atoms with van der Waals surface area (Å²) in [6.45, 7) is 8.74. The van der Waals surface area contributed by atoms with E-state index < -0.39 is 0 Å². The van der Waals surface area contributed by atoms with Gasteiger partial charge in [0, 0.05) is 0 Å². The maximum Gasteiger partial charge on any atom is -0.0181 e. The summed E-state index contributed by atoms with van der Waals surface area (Å²) in [6.07, 6.45) is 1.07. The lowest BCUT2D eigenvalue weighted by Crippen LogP contribution is -1.88. The van der Waals surface area contributed by atoms with E-state index in [4.69, 9.17) is 0 Å². The molecular formula is C29H28. The Morgan fingerprint density at radius 2 is 0.793 bits per heavy atom. The maximum absolute atomic E-state index is 2.32. The summed E-state index contributed by atoms with van der Waals surface area (Å²) in [5.41, 5.74) is 13.1. The zero-order chi connectivity index (χ0) is 20.4. The van der Waals surface area contributed by atoms with Gasteiger partial charge in [-0.1, -0.05) is 91.9 Å². The number of benzene rings is 4. The van der Waals surface area contributed by atoms with Gasteiger partial charge in [-0.15, -0.1) is 0 Å². The van der Waals surface area contributed by atoms with Gasteiger partial charge in [0.25, 0.3) is 0 Å². The first-order valence-electron chi connectivity index (χ1n) is 10.4. The first kappa shape index (κ1) is 19.2. The predicted molar refractivity (Wildman–Crippen MR) is 126 cm³/mol. The van der Waals surface area contributed by atoms with Gasteiger partial charge in [0.2, 0.25) is 0 Å². The Hall–Kier alpha value is -3.12. The predicted octanol–water partition coefficient (Wildman–Crippen LogP) is 8.18. The van der Waals surface area contributed by atoms with Crippen molar-refractivity contribution >= 4 is 0 Å². The zero-order valence-electron chi connectivity index (χ0n) is 17.8. The van der Waals surface area contributed by atoms with Gasteiger partial charge < -0.3 is 0 Å². The molecule has 0 unspecified atom stereocenters. The molecule has 0 aliphatic rings. The van der Waals surface area contributed by atoms with Crippen LogP contribution in [0.25, 0.3) is 33.4 Å². The second-order valence-electron chi connectivity index (χ2n) is 7.95. The summed E-state index contributed by atoms with van der Waals surface area (Å²) in [6, 6.07) is 31.3. The van der Waals surface area contributed by atoms with Gasteiger partial charge in [0.1, 0.15) is 0 Å². The van der Waals surface area contributed by atoms with Gasteiger partial charge >= 0.3 is 0 Å². The van der Waals surface area contributed by atoms with E-state index in [9.17, 15) is 0 Å². The Balaban J connectivity index is 1.58. The molecular weight excluding hydrogens is 348 g/mol. The minimum atomic E-state index is 1.07. The highest BCUT2D eigenvalue weighted by Gasteiger charge is 2.05. The molecule has 0 atom stereocenters. The lowest BCUT2D eigenvalue weighted by molar-refractivity contribution is 1.11. The van der Waals surface area contributed by atoms with Crippen LogP contribution < -0.4 is 0 Å². The fraction of sp³-hybridized carbons (Fsp3) is 0.172. The Morgan fingerprint density at radius 1 is 0.414 bits per heavy atom. The highest BCUT2D eigenvalue weighted by molar-refractivity contribution is 5.74. The third-order valence-electron chi connectivity index (χ3n) is 6.01. The average molecular weight is 377 g/mol. The SMILES string of the molecule is CCc1cc(-c2ccc(-c3ccc(-c4ccc(C)c(C)c4)cc3)cc2)ccc1C. The summed E-state index contributed by atoms with van der Waals surface area (Å²) >= 11 is 0. The molecule has 0 nitrogen and oxygen atoms in total. The Morgan fingerprint density at radius 3 is 1.24 bits per heavy atom. The fourth-order valence-corrected chi connectivity index (χ4v) is 3.86. The molecule has 4 rings (SSSR count). The van der Waals surface area contributed by atoms with Crippen LogP contribution >= 0.6 is 0 Å². The molecule has 0 heterocycles. The first-order valence-corrected chi connectivity index (χ1v) is 10.4. The van der Waals surface area contributed by atoms with E-state index in [-0.39, 0.29) is 0 Å². The van der Waals surface area contributed by atoms with Crippen molar-refractivity contribution in [2.45, 2.75) is 34.1 Å². The standard InChI is InChI=1S/C29H28/c1-5-23-19-29(9-7-21(23)3)27-16-12-25(13-17-27)24-10-14-26(15-11-24)28-8-6-20(2)22(4)18-28/h6-19H,5H2,1-4H3. The number of hydrogen-bond acceptors (Lipinski definition) is 0. The Kier molecular flexibility index (Phi) is 5.36. The summed E-state index contributed by atoms with van der Waals surface area (Å²) in [5, 5.41) is 0. The molecule has 0 fully saturated rings. The van der Waals surface area contributed by atoms with Crippen LogP contribution in [0.3, 0.4) is 0 Å². The number of rotatable bonds is 4. The first-order chi connectivity index (χ1) is 14.0. The summed E-state index contributed by atoms with van der Waals surface area (Å²) < 4.78 is 0. The second kappa shape index (κ2) is 8.09. The van der Waals surface area contributed by atoms with Crippen LogP contribution in [0.15, 0.2) is 84.9 Å². The van der Waals surface area contributed by atoms with E-state index in [1.807, 2.05) is 0 Å². The molecule has 0 bridgehead atoms. The molecule has 0 aliphatic heterocycles. The number of aryl methyl sites for hydroxylation is 4. The molecule has 29 heavy (non-hydrogen) atoms. The molecule has 0 saturated carbocycles. The molecule has 0 aromatic heterocycles. The lowest BCUT2D eigenvalue weighted by atomic mass is 9.95. The quantitative estimate of drug-likeness (QED) is 0.337. The molecule has 0 heteroatoms. The zero-order valence-corrected chi connectivity index (χ0v) is 17.8. The molecule has 0 spiro atoms. The van der Waals surface area contributed by atoms with Crippen molar-refractivity contribution < 1.29 is 0 Å². The van der Waals surface area contributed by atoms with E-state index in [1.165, 1.54) is 55.6 Å². The van der Waals surface area contributed by atoms with E-state index in [2.05, 4.69) is 113 Å². The van der Waals surface area contributed by atoms with Crippen molar-refractivity contribution in [3.63, 3.8) is 0 Å². The second-order valence-corrected chi connectivity index (χ2v) is 7.95. The molecule has 4 aromatic carbocycles. The van der Waals surface area contributed by atoms with Gasteiger partial charge in [0.15, 0.2) is 0 Å². The smallest absolute Gasteiger partial charge is 0.0181 e. The topological polar surface area (TPSA) is 0 Å². The van der Waals surface area contributed by atoms with Crippen molar-refractivity contribution in [2.75, 3.05) is 0 Å². The molecule has 144 valence electrons. The van der Waals surface area contributed by atoms with E-state index in [1.54, 1.807) is 0 Å². The minimum Gasteiger partial charge on any atom is -0.0613 e.